The molecule has 2 aliphatic rings. The van der Waals surface area contributed by atoms with Crippen LogP contribution in [-0.2, 0) is 0 Å². The van der Waals surface area contributed by atoms with Gasteiger partial charge in [-0.25, -0.2) is 0 Å². The summed E-state index contributed by atoms with van der Waals surface area (Å²) in [4.78, 5) is 2.62. The van der Waals surface area contributed by atoms with Crippen LogP contribution in [0.2, 0.25) is 0 Å². The van der Waals surface area contributed by atoms with E-state index in [0.29, 0.717) is 12.2 Å². The van der Waals surface area contributed by atoms with Crippen LogP contribution in [0.15, 0.2) is 11.9 Å². The van der Waals surface area contributed by atoms with Gasteiger partial charge in [-0.15, -0.1) is 0 Å². The Morgan fingerprint density at radius 1 is 1.20 bits per heavy atom. The Balaban J connectivity index is 1.95. The number of hydrogen-bond donors (Lipinski definition) is 1. The zero-order chi connectivity index (χ0) is 14.4. The summed E-state index contributed by atoms with van der Waals surface area (Å²) in [6.07, 6.45) is 15.1. The van der Waals surface area contributed by atoms with Crippen molar-refractivity contribution >= 4 is 0 Å². The van der Waals surface area contributed by atoms with Gasteiger partial charge < -0.3 is 10.3 Å². The quantitative estimate of drug-likeness (QED) is 0.734. The average Bonchev–Trinajstić information content (AvgIpc) is 2.61. The Bertz CT molecular complexity index is 311. The van der Waals surface area contributed by atoms with E-state index in [2.05, 4.69) is 42.2 Å². The van der Waals surface area contributed by atoms with Crippen LogP contribution < -0.4 is 5.43 Å². The van der Waals surface area contributed by atoms with Crippen LogP contribution in [0.5, 0.6) is 0 Å². The third kappa shape index (κ3) is 3.91. The van der Waals surface area contributed by atoms with Gasteiger partial charge in [-0.05, 0) is 52.0 Å². The van der Waals surface area contributed by atoms with Crippen molar-refractivity contribution in [2.75, 3.05) is 6.54 Å². The van der Waals surface area contributed by atoms with Crippen molar-refractivity contribution in [3.63, 3.8) is 0 Å². The van der Waals surface area contributed by atoms with Crippen molar-refractivity contribution in [1.82, 2.24) is 15.3 Å². The van der Waals surface area contributed by atoms with Gasteiger partial charge in [-0.1, -0.05) is 32.6 Å². The van der Waals surface area contributed by atoms with Gasteiger partial charge in [-0.2, -0.15) is 5.01 Å². The van der Waals surface area contributed by atoms with Crippen molar-refractivity contribution in [2.45, 2.75) is 90.8 Å². The molecule has 2 heterocycles. The minimum absolute atomic E-state index is 0.562. The summed E-state index contributed by atoms with van der Waals surface area (Å²) in [5.74, 6) is 1.38. The maximum Gasteiger partial charge on any atom is 0.113 e. The molecule has 0 aromatic heterocycles. The molecule has 0 spiro atoms. The van der Waals surface area contributed by atoms with E-state index in [9.17, 15) is 0 Å². The minimum Gasteiger partial charge on any atom is -0.340 e. The summed E-state index contributed by atoms with van der Waals surface area (Å²) in [5.41, 5.74) is 3.67. The number of hydrazine groups is 1. The van der Waals surface area contributed by atoms with Gasteiger partial charge in [0.05, 0.1) is 0 Å². The first-order valence-electron chi connectivity index (χ1n) is 8.76. The van der Waals surface area contributed by atoms with Crippen molar-refractivity contribution in [3.8, 4) is 0 Å². The van der Waals surface area contributed by atoms with E-state index < -0.39 is 0 Å². The van der Waals surface area contributed by atoms with Crippen LogP contribution in [0.1, 0.15) is 78.6 Å². The molecule has 2 fully saturated rings. The molecule has 2 saturated heterocycles. The summed E-state index contributed by atoms with van der Waals surface area (Å²) in [5, 5.41) is 2.46. The van der Waals surface area contributed by atoms with Crippen LogP contribution in [0, 0.1) is 0 Å². The van der Waals surface area contributed by atoms with Crippen LogP contribution >= 0.6 is 0 Å². The van der Waals surface area contributed by atoms with Crippen LogP contribution in [0.4, 0.5) is 0 Å². The highest BCUT2D eigenvalue weighted by molar-refractivity contribution is 5.06. The van der Waals surface area contributed by atoms with Crippen molar-refractivity contribution in [3.05, 3.63) is 11.9 Å². The Morgan fingerprint density at radius 2 is 2.05 bits per heavy atom. The second-order valence-corrected chi connectivity index (χ2v) is 6.57. The lowest BCUT2D eigenvalue weighted by molar-refractivity contribution is 0.0855. The highest BCUT2D eigenvalue weighted by Crippen LogP contribution is 2.29. The molecular formula is C17H33N3. The second kappa shape index (κ2) is 7.92. The normalized spacial score (nSPS) is 25.9. The largest absolute Gasteiger partial charge is 0.340 e. The lowest BCUT2D eigenvalue weighted by atomic mass is 10.1. The lowest BCUT2D eigenvalue weighted by Crippen LogP contribution is -2.44. The maximum absolute atomic E-state index is 3.67. The van der Waals surface area contributed by atoms with Crippen LogP contribution in [0.25, 0.3) is 0 Å². The topological polar surface area (TPSA) is 18.5 Å². The minimum atomic E-state index is 0.562. The maximum atomic E-state index is 3.67. The van der Waals surface area contributed by atoms with Crippen molar-refractivity contribution in [1.29, 1.82) is 0 Å². The van der Waals surface area contributed by atoms with Crippen LogP contribution in [0.3, 0.4) is 0 Å². The smallest absolute Gasteiger partial charge is 0.113 e. The zero-order valence-electron chi connectivity index (χ0n) is 13.7. The Kier molecular flexibility index (Phi) is 6.21. The van der Waals surface area contributed by atoms with Gasteiger partial charge in [0.1, 0.15) is 12.0 Å². The molecule has 3 nitrogen and oxygen atoms in total. The van der Waals surface area contributed by atoms with Gasteiger partial charge in [0.25, 0.3) is 0 Å². The van der Waals surface area contributed by atoms with Crippen molar-refractivity contribution < 1.29 is 0 Å². The fourth-order valence-corrected chi connectivity index (χ4v) is 3.38. The molecule has 2 aliphatic heterocycles. The molecule has 0 radical (unpaired) electrons. The summed E-state index contributed by atoms with van der Waals surface area (Å²) in [6, 6.07) is 0.562. The number of fused-ring (bicyclic) bond motifs is 1. The molecule has 2 rings (SSSR count). The lowest BCUT2D eigenvalue weighted by Gasteiger charge is -2.29. The van der Waals surface area contributed by atoms with E-state index in [1.807, 2.05) is 0 Å². The highest BCUT2D eigenvalue weighted by atomic mass is 15.7. The van der Waals surface area contributed by atoms with E-state index in [0.717, 1.165) is 0 Å². The summed E-state index contributed by atoms with van der Waals surface area (Å²) < 4.78 is 0. The SMILES string of the molecule is CCCCCC/C=C1\NN(C(C)C)C2CCCCCN12. The molecule has 0 aromatic rings. The predicted molar refractivity (Wildman–Crippen MR) is 85.9 cm³/mol. The molecular weight excluding hydrogens is 246 g/mol. The van der Waals surface area contributed by atoms with Gasteiger partial charge in [0, 0.05) is 12.6 Å². The van der Waals surface area contributed by atoms with Gasteiger partial charge >= 0.3 is 0 Å². The number of hydrogen-bond acceptors (Lipinski definition) is 3. The molecule has 1 atom stereocenters. The number of nitrogens with one attached hydrogen (secondary N) is 1. The number of nitrogens with zero attached hydrogens (tertiary/aromatic N) is 2. The standard InChI is InChI=1S/C17H33N3/c1-4-5-6-7-9-12-16-18-20(15(2)3)17-13-10-8-11-14-19(16)17/h12,15,17-18H,4-11,13-14H2,1-3H3/b16-12+. The molecule has 3 heteroatoms. The number of unbranched alkanes of at least 4 members (excludes halogenated alkanes) is 4. The molecule has 1 N–H and O–H groups in total. The number of rotatable bonds is 6. The van der Waals surface area contributed by atoms with E-state index >= 15 is 0 Å². The first-order chi connectivity index (χ1) is 9.74. The monoisotopic (exact) mass is 279 g/mol. The average molecular weight is 279 g/mol. The van der Waals surface area contributed by atoms with E-state index in [4.69, 9.17) is 0 Å². The molecule has 0 aliphatic carbocycles. The zero-order valence-corrected chi connectivity index (χ0v) is 13.7. The summed E-state index contributed by atoms with van der Waals surface area (Å²) in [6.45, 7) is 8.08. The van der Waals surface area contributed by atoms with Crippen molar-refractivity contribution in [2.24, 2.45) is 0 Å². The first kappa shape index (κ1) is 15.7. The fourth-order valence-electron chi connectivity index (χ4n) is 3.38. The predicted octanol–water partition coefficient (Wildman–Crippen LogP) is 4.23. The van der Waals surface area contributed by atoms with E-state index in [1.54, 1.807) is 0 Å². The van der Waals surface area contributed by atoms with Gasteiger partial charge in [0.15, 0.2) is 0 Å². The Morgan fingerprint density at radius 3 is 2.80 bits per heavy atom. The van der Waals surface area contributed by atoms with Gasteiger partial charge in [-0.3, -0.25) is 0 Å². The Labute approximate surface area is 125 Å². The number of allylic oxidation sites excluding steroid dienone is 1. The van der Waals surface area contributed by atoms with E-state index in [-0.39, 0.29) is 0 Å². The first-order valence-corrected chi connectivity index (χ1v) is 8.76. The van der Waals surface area contributed by atoms with E-state index in [1.165, 1.54) is 70.2 Å². The Hall–Kier alpha value is -0.700. The fraction of sp³-hybridized carbons (Fsp3) is 0.882. The third-order valence-corrected chi connectivity index (χ3v) is 4.55. The van der Waals surface area contributed by atoms with Crippen LogP contribution in [-0.4, -0.2) is 28.7 Å². The highest BCUT2D eigenvalue weighted by Gasteiger charge is 2.36. The van der Waals surface area contributed by atoms with Gasteiger partial charge in [0.2, 0.25) is 0 Å². The molecule has 0 aromatic carbocycles. The second-order valence-electron chi connectivity index (χ2n) is 6.57. The molecule has 20 heavy (non-hydrogen) atoms. The summed E-state index contributed by atoms with van der Waals surface area (Å²) in [7, 11) is 0. The molecule has 0 saturated carbocycles. The third-order valence-electron chi connectivity index (χ3n) is 4.55. The molecule has 116 valence electrons. The molecule has 1 unspecified atom stereocenters. The summed E-state index contributed by atoms with van der Waals surface area (Å²) >= 11 is 0. The molecule has 0 amide bonds. The molecule has 0 bridgehead atoms.